The average Bonchev–Trinajstić information content (AvgIpc) is 2.83. The number of halogens is 2. The van der Waals surface area contributed by atoms with E-state index in [0.717, 1.165) is 21.5 Å². The maximum atomic E-state index is 5.96. The molecule has 0 fully saturated rings. The molecule has 96 valence electrons. The number of fused-ring (bicyclic) bond motifs is 1. The Hall–Kier alpha value is -1.52. The molecule has 0 aliphatic heterocycles. The number of rotatable bonds is 3. The predicted molar refractivity (Wildman–Crippen MR) is 81.7 cm³/mol. The van der Waals surface area contributed by atoms with Crippen molar-refractivity contribution in [2.75, 3.05) is 5.32 Å². The number of nitrogens with zero attached hydrogens (tertiary/aromatic N) is 2. The monoisotopic (exact) mass is 335 g/mol. The molecule has 3 aromatic rings. The minimum atomic E-state index is 0.676. The highest BCUT2D eigenvalue weighted by Gasteiger charge is 2.02. The fourth-order valence-corrected chi connectivity index (χ4v) is 2.37. The second-order valence-corrected chi connectivity index (χ2v) is 5.44. The third kappa shape index (κ3) is 2.74. The Balaban J connectivity index is 1.76. The molecule has 0 radical (unpaired) electrons. The lowest BCUT2D eigenvalue weighted by Crippen LogP contribution is -1.99. The second-order valence-electron chi connectivity index (χ2n) is 4.18. The Morgan fingerprint density at radius 2 is 2.16 bits per heavy atom. The lowest BCUT2D eigenvalue weighted by atomic mass is 10.3. The molecule has 1 aromatic carbocycles. The van der Waals surface area contributed by atoms with Gasteiger partial charge in [-0.15, -0.1) is 0 Å². The molecule has 0 spiro atoms. The molecule has 19 heavy (non-hydrogen) atoms. The van der Waals surface area contributed by atoms with Crippen LogP contribution in [0.2, 0.25) is 5.02 Å². The van der Waals surface area contributed by atoms with Crippen molar-refractivity contribution in [3.05, 3.63) is 64.0 Å². The molecule has 1 N–H and O–H groups in total. The molecule has 0 unspecified atom stereocenters. The number of nitrogens with one attached hydrogen (secondary N) is 1. The standard InChI is InChI=1S/C14H11BrClN3/c15-12-7-10(4-5-13(12)16)17-8-11-9-19-6-2-1-3-14(19)18-11/h1-7,9,17H,8H2. The van der Waals surface area contributed by atoms with E-state index in [1.54, 1.807) is 0 Å². The van der Waals surface area contributed by atoms with Crippen LogP contribution in [0.1, 0.15) is 5.69 Å². The number of anilines is 1. The Kier molecular flexibility index (Phi) is 3.44. The molecule has 2 heterocycles. The first-order valence-corrected chi connectivity index (χ1v) is 7.01. The number of hydrogen-bond donors (Lipinski definition) is 1. The van der Waals surface area contributed by atoms with Gasteiger partial charge in [-0.1, -0.05) is 17.7 Å². The largest absolute Gasteiger partial charge is 0.379 e. The van der Waals surface area contributed by atoms with Crippen LogP contribution in [0.3, 0.4) is 0 Å². The lowest BCUT2D eigenvalue weighted by Gasteiger charge is -2.05. The quantitative estimate of drug-likeness (QED) is 0.770. The maximum absolute atomic E-state index is 5.96. The SMILES string of the molecule is Clc1ccc(NCc2cn3ccccc3n2)cc1Br. The fourth-order valence-electron chi connectivity index (χ4n) is 1.87. The van der Waals surface area contributed by atoms with Gasteiger partial charge in [0.2, 0.25) is 0 Å². The van der Waals surface area contributed by atoms with Crippen molar-refractivity contribution in [1.82, 2.24) is 9.38 Å². The van der Waals surface area contributed by atoms with E-state index in [4.69, 9.17) is 11.6 Å². The minimum absolute atomic E-state index is 0.676. The van der Waals surface area contributed by atoms with Gasteiger partial charge in [0, 0.05) is 22.6 Å². The highest BCUT2D eigenvalue weighted by Crippen LogP contribution is 2.25. The van der Waals surface area contributed by atoms with E-state index in [9.17, 15) is 0 Å². The van der Waals surface area contributed by atoms with Crippen molar-refractivity contribution in [2.24, 2.45) is 0 Å². The summed E-state index contributed by atoms with van der Waals surface area (Å²) in [7, 11) is 0. The molecule has 3 nitrogen and oxygen atoms in total. The van der Waals surface area contributed by atoms with Crippen LogP contribution >= 0.6 is 27.5 Å². The van der Waals surface area contributed by atoms with Crippen molar-refractivity contribution in [3.63, 3.8) is 0 Å². The zero-order valence-electron chi connectivity index (χ0n) is 9.98. The van der Waals surface area contributed by atoms with Crippen LogP contribution in [-0.2, 0) is 6.54 Å². The summed E-state index contributed by atoms with van der Waals surface area (Å²) in [5.41, 5.74) is 2.96. The third-order valence-electron chi connectivity index (χ3n) is 2.81. The highest BCUT2D eigenvalue weighted by atomic mass is 79.9. The van der Waals surface area contributed by atoms with Crippen LogP contribution in [0.4, 0.5) is 5.69 Å². The summed E-state index contributed by atoms with van der Waals surface area (Å²) in [6, 6.07) is 11.7. The van der Waals surface area contributed by atoms with Crippen LogP contribution < -0.4 is 5.32 Å². The molecule has 2 aromatic heterocycles. The van der Waals surface area contributed by atoms with Crippen molar-refractivity contribution >= 4 is 38.9 Å². The Morgan fingerprint density at radius 1 is 1.26 bits per heavy atom. The molecule has 3 rings (SSSR count). The molecular weight excluding hydrogens is 326 g/mol. The molecule has 5 heteroatoms. The van der Waals surface area contributed by atoms with E-state index >= 15 is 0 Å². The van der Waals surface area contributed by atoms with Crippen LogP contribution in [0.5, 0.6) is 0 Å². The second kappa shape index (κ2) is 5.23. The molecule has 0 saturated heterocycles. The third-order valence-corrected chi connectivity index (χ3v) is 4.02. The maximum Gasteiger partial charge on any atom is 0.137 e. The van der Waals surface area contributed by atoms with Gasteiger partial charge in [0.25, 0.3) is 0 Å². The van der Waals surface area contributed by atoms with Gasteiger partial charge in [-0.05, 0) is 46.3 Å². The highest BCUT2D eigenvalue weighted by molar-refractivity contribution is 9.10. The topological polar surface area (TPSA) is 29.3 Å². The van der Waals surface area contributed by atoms with Gasteiger partial charge in [0.15, 0.2) is 0 Å². The molecule has 0 aliphatic carbocycles. The van der Waals surface area contributed by atoms with Crippen molar-refractivity contribution in [1.29, 1.82) is 0 Å². The van der Waals surface area contributed by atoms with Crippen molar-refractivity contribution < 1.29 is 0 Å². The van der Waals surface area contributed by atoms with Gasteiger partial charge in [-0.3, -0.25) is 0 Å². The van der Waals surface area contributed by atoms with E-state index in [-0.39, 0.29) is 0 Å². The molecule has 0 saturated carbocycles. The molecule has 0 bridgehead atoms. The summed E-state index contributed by atoms with van der Waals surface area (Å²) in [6.45, 7) is 0.676. The number of benzene rings is 1. The molecule has 0 atom stereocenters. The molecule has 0 amide bonds. The minimum Gasteiger partial charge on any atom is -0.379 e. The van der Waals surface area contributed by atoms with Crippen LogP contribution in [0, 0.1) is 0 Å². The summed E-state index contributed by atoms with van der Waals surface area (Å²) in [5.74, 6) is 0. The van der Waals surface area contributed by atoms with Crippen molar-refractivity contribution in [3.8, 4) is 0 Å². The summed E-state index contributed by atoms with van der Waals surface area (Å²) in [4.78, 5) is 4.53. The van der Waals surface area contributed by atoms with E-state index in [1.807, 2.05) is 53.2 Å². The van der Waals surface area contributed by atoms with Crippen LogP contribution in [0.25, 0.3) is 5.65 Å². The normalized spacial score (nSPS) is 10.8. The van der Waals surface area contributed by atoms with Gasteiger partial charge in [-0.25, -0.2) is 4.98 Å². The van der Waals surface area contributed by atoms with Crippen LogP contribution in [0.15, 0.2) is 53.3 Å². The Bertz CT molecular complexity index is 691. The summed E-state index contributed by atoms with van der Waals surface area (Å²) in [5, 5.41) is 4.03. The molecule has 0 aliphatic rings. The van der Waals surface area contributed by atoms with E-state index in [1.165, 1.54) is 0 Å². The van der Waals surface area contributed by atoms with Gasteiger partial charge in [0.1, 0.15) is 5.65 Å². The smallest absolute Gasteiger partial charge is 0.137 e. The van der Waals surface area contributed by atoms with Crippen LogP contribution in [-0.4, -0.2) is 9.38 Å². The summed E-state index contributed by atoms with van der Waals surface area (Å²) in [6.07, 6.45) is 4.01. The zero-order valence-corrected chi connectivity index (χ0v) is 12.3. The first-order chi connectivity index (χ1) is 9.22. The van der Waals surface area contributed by atoms with Gasteiger partial charge in [0.05, 0.1) is 17.3 Å². The van der Waals surface area contributed by atoms with E-state index in [2.05, 4.69) is 26.2 Å². The number of hydrogen-bond acceptors (Lipinski definition) is 2. The molecular formula is C14H11BrClN3. The Morgan fingerprint density at radius 3 is 2.95 bits per heavy atom. The lowest BCUT2D eigenvalue weighted by molar-refractivity contribution is 1.08. The average molecular weight is 337 g/mol. The first-order valence-electron chi connectivity index (χ1n) is 5.84. The zero-order chi connectivity index (χ0) is 13.2. The van der Waals surface area contributed by atoms with Gasteiger partial charge < -0.3 is 9.72 Å². The first kappa shape index (κ1) is 12.5. The Labute approximate surface area is 124 Å². The summed E-state index contributed by atoms with van der Waals surface area (Å²) < 4.78 is 2.89. The van der Waals surface area contributed by atoms with Gasteiger partial charge in [-0.2, -0.15) is 0 Å². The number of pyridine rings is 1. The van der Waals surface area contributed by atoms with E-state index in [0.29, 0.717) is 11.6 Å². The van der Waals surface area contributed by atoms with E-state index < -0.39 is 0 Å². The fraction of sp³-hybridized carbons (Fsp3) is 0.0714. The van der Waals surface area contributed by atoms with Gasteiger partial charge >= 0.3 is 0 Å². The van der Waals surface area contributed by atoms with Crippen molar-refractivity contribution in [2.45, 2.75) is 6.54 Å². The number of imidazole rings is 1. The predicted octanol–water partition coefficient (Wildman–Crippen LogP) is 4.36. The summed E-state index contributed by atoms with van der Waals surface area (Å²) >= 11 is 9.37. The number of aromatic nitrogens is 2.